The van der Waals surface area contributed by atoms with Gasteiger partial charge in [0.15, 0.2) is 11.5 Å². The average Bonchev–Trinajstić information content (AvgIpc) is 2.75. The standard InChI is InChI=1S/C13H19NO3/c1-3-9-4-5-11(12(6-9)16-2)17-13-8-14-7-10(13)15/h4-6,10,13-15H,3,7-8H2,1-2H3/t10-,13-/m0/s1. The molecule has 17 heavy (non-hydrogen) atoms. The normalized spacial score (nSPS) is 23.7. The van der Waals surface area contributed by atoms with Crippen LogP contribution in [0.3, 0.4) is 0 Å². The number of aliphatic hydroxyl groups excluding tert-OH is 1. The highest BCUT2D eigenvalue weighted by molar-refractivity contribution is 5.43. The number of nitrogens with one attached hydrogen (secondary N) is 1. The highest BCUT2D eigenvalue weighted by Gasteiger charge is 2.27. The van der Waals surface area contributed by atoms with Gasteiger partial charge in [-0.3, -0.25) is 0 Å². The Hall–Kier alpha value is -1.26. The zero-order valence-corrected chi connectivity index (χ0v) is 10.3. The molecular formula is C13H19NO3. The van der Waals surface area contributed by atoms with Crippen molar-refractivity contribution >= 4 is 0 Å². The molecule has 0 aliphatic carbocycles. The third kappa shape index (κ3) is 2.70. The van der Waals surface area contributed by atoms with E-state index in [4.69, 9.17) is 9.47 Å². The number of aliphatic hydroxyl groups is 1. The summed E-state index contributed by atoms with van der Waals surface area (Å²) in [6, 6.07) is 5.90. The summed E-state index contributed by atoms with van der Waals surface area (Å²) < 4.78 is 11.1. The van der Waals surface area contributed by atoms with Gasteiger partial charge in [-0.15, -0.1) is 0 Å². The molecular weight excluding hydrogens is 218 g/mol. The number of rotatable bonds is 4. The van der Waals surface area contributed by atoms with Gasteiger partial charge < -0.3 is 19.9 Å². The van der Waals surface area contributed by atoms with E-state index >= 15 is 0 Å². The average molecular weight is 237 g/mol. The van der Waals surface area contributed by atoms with Crippen molar-refractivity contribution in [1.82, 2.24) is 5.32 Å². The van der Waals surface area contributed by atoms with E-state index in [9.17, 15) is 5.11 Å². The summed E-state index contributed by atoms with van der Waals surface area (Å²) in [6.45, 7) is 3.35. The quantitative estimate of drug-likeness (QED) is 0.819. The van der Waals surface area contributed by atoms with E-state index in [0.717, 1.165) is 12.2 Å². The van der Waals surface area contributed by atoms with Crippen molar-refractivity contribution in [2.45, 2.75) is 25.6 Å². The highest BCUT2D eigenvalue weighted by Crippen LogP contribution is 2.29. The Kier molecular flexibility index (Phi) is 3.86. The minimum Gasteiger partial charge on any atom is -0.493 e. The molecule has 2 rings (SSSR count). The Morgan fingerprint density at radius 2 is 2.18 bits per heavy atom. The molecule has 0 aromatic heterocycles. The number of hydrogen-bond acceptors (Lipinski definition) is 4. The first kappa shape index (κ1) is 12.2. The molecule has 2 atom stereocenters. The minimum atomic E-state index is -0.453. The predicted molar refractivity (Wildman–Crippen MR) is 65.7 cm³/mol. The lowest BCUT2D eigenvalue weighted by atomic mass is 10.1. The van der Waals surface area contributed by atoms with Crippen molar-refractivity contribution in [1.29, 1.82) is 0 Å². The van der Waals surface area contributed by atoms with Crippen LogP contribution in [0, 0.1) is 0 Å². The lowest BCUT2D eigenvalue weighted by molar-refractivity contribution is 0.0718. The number of methoxy groups -OCH3 is 1. The second-order valence-electron chi connectivity index (χ2n) is 4.22. The first-order valence-electron chi connectivity index (χ1n) is 5.97. The highest BCUT2D eigenvalue weighted by atomic mass is 16.5. The fraction of sp³-hybridized carbons (Fsp3) is 0.538. The van der Waals surface area contributed by atoms with Gasteiger partial charge in [0.2, 0.25) is 0 Å². The second kappa shape index (κ2) is 5.38. The Labute approximate surface area is 102 Å². The van der Waals surface area contributed by atoms with Crippen LogP contribution in [0.15, 0.2) is 18.2 Å². The summed E-state index contributed by atoms with van der Waals surface area (Å²) in [7, 11) is 1.63. The summed E-state index contributed by atoms with van der Waals surface area (Å²) in [5, 5.41) is 12.8. The molecule has 1 aromatic rings. The van der Waals surface area contributed by atoms with Gasteiger partial charge in [0, 0.05) is 13.1 Å². The van der Waals surface area contributed by atoms with Gasteiger partial charge in [-0.2, -0.15) is 0 Å². The zero-order valence-electron chi connectivity index (χ0n) is 10.3. The van der Waals surface area contributed by atoms with Crippen LogP contribution in [-0.4, -0.2) is 37.5 Å². The Bertz CT molecular complexity index is 381. The molecule has 94 valence electrons. The number of benzene rings is 1. The molecule has 1 fully saturated rings. The molecule has 0 radical (unpaired) electrons. The van der Waals surface area contributed by atoms with Crippen molar-refractivity contribution in [2.75, 3.05) is 20.2 Å². The van der Waals surface area contributed by atoms with Crippen molar-refractivity contribution in [3.63, 3.8) is 0 Å². The lowest BCUT2D eigenvalue weighted by Gasteiger charge is -2.18. The van der Waals surface area contributed by atoms with Crippen molar-refractivity contribution < 1.29 is 14.6 Å². The van der Waals surface area contributed by atoms with E-state index < -0.39 is 6.10 Å². The number of hydrogen-bond donors (Lipinski definition) is 2. The molecule has 0 spiro atoms. The fourth-order valence-electron chi connectivity index (χ4n) is 1.95. The Morgan fingerprint density at radius 3 is 2.76 bits per heavy atom. The van der Waals surface area contributed by atoms with E-state index in [2.05, 4.69) is 12.2 Å². The summed E-state index contributed by atoms with van der Waals surface area (Å²) in [5.74, 6) is 1.42. The van der Waals surface area contributed by atoms with E-state index in [1.54, 1.807) is 7.11 Å². The van der Waals surface area contributed by atoms with Crippen LogP contribution < -0.4 is 14.8 Å². The van der Waals surface area contributed by atoms with Crippen LogP contribution in [0.5, 0.6) is 11.5 Å². The van der Waals surface area contributed by atoms with Crippen molar-refractivity contribution in [3.05, 3.63) is 23.8 Å². The topological polar surface area (TPSA) is 50.7 Å². The smallest absolute Gasteiger partial charge is 0.161 e. The van der Waals surface area contributed by atoms with Gasteiger partial charge in [0.05, 0.1) is 7.11 Å². The summed E-state index contributed by atoms with van der Waals surface area (Å²) >= 11 is 0. The van der Waals surface area contributed by atoms with Crippen LogP contribution >= 0.6 is 0 Å². The van der Waals surface area contributed by atoms with Crippen LogP contribution in [0.1, 0.15) is 12.5 Å². The molecule has 1 aromatic carbocycles. The zero-order chi connectivity index (χ0) is 12.3. The van der Waals surface area contributed by atoms with Gasteiger partial charge in [0.1, 0.15) is 12.2 Å². The monoisotopic (exact) mass is 237 g/mol. The molecule has 0 saturated carbocycles. The fourth-order valence-corrected chi connectivity index (χ4v) is 1.95. The van der Waals surface area contributed by atoms with Crippen LogP contribution in [0.2, 0.25) is 0 Å². The maximum atomic E-state index is 9.69. The van der Waals surface area contributed by atoms with Gasteiger partial charge in [0.25, 0.3) is 0 Å². The molecule has 1 heterocycles. The molecule has 0 amide bonds. The molecule has 2 N–H and O–H groups in total. The third-order valence-electron chi connectivity index (χ3n) is 3.04. The SMILES string of the molecule is CCc1ccc(O[C@H]2CNC[C@@H]2O)c(OC)c1. The van der Waals surface area contributed by atoms with Crippen LogP contribution in [0.4, 0.5) is 0 Å². The van der Waals surface area contributed by atoms with Gasteiger partial charge in [-0.25, -0.2) is 0 Å². The van der Waals surface area contributed by atoms with Crippen LogP contribution in [0.25, 0.3) is 0 Å². The third-order valence-corrected chi connectivity index (χ3v) is 3.04. The summed E-state index contributed by atoms with van der Waals surface area (Å²) in [4.78, 5) is 0. The number of ether oxygens (including phenoxy) is 2. The summed E-state index contributed by atoms with van der Waals surface area (Å²) in [5.41, 5.74) is 1.21. The largest absolute Gasteiger partial charge is 0.493 e. The van der Waals surface area contributed by atoms with Crippen molar-refractivity contribution in [3.8, 4) is 11.5 Å². The maximum Gasteiger partial charge on any atom is 0.161 e. The molecule has 1 saturated heterocycles. The first-order valence-corrected chi connectivity index (χ1v) is 5.97. The second-order valence-corrected chi connectivity index (χ2v) is 4.22. The van der Waals surface area contributed by atoms with Gasteiger partial charge in [-0.05, 0) is 24.1 Å². The maximum absolute atomic E-state index is 9.69. The lowest BCUT2D eigenvalue weighted by Crippen LogP contribution is -2.29. The summed E-state index contributed by atoms with van der Waals surface area (Å²) in [6.07, 6.45) is 0.312. The molecule has 0 unspecified atom stereocenters. The Morgan fingerprint density at radius 1 is 1.35 bits per heavy atom. The predicted octanol–water partition coefficient (Wildman–Crippen LogP) is 0.969. The van der Waals surface area contributed by atoms with E-state index in [1.165, 1.54) is 5.56 Å². The van der Waals surface area contributed by atoms with E-state index in [1.807, 2.05) is 18.2 Å². The molecule has 1 aliphatic rings. The molecule has 1 aliphatic heterocycles. The Balaban J connectivity index is 2.14. The number of β-amino-alcohol motifs (C(OH)–C–C–N with tert-alkyl or cyclic N) is 1. The molecule has 4 nitrogen and oxygen atoms in total. The van der Waals surface area contributed by atoms with Crippen molar-refractivity contribution in [2.24, 2.45) is 0 Å². The van der Waals surface area contributed by atoms with Gasteiger partial charge >= 0.3 is 0 Å². The minimum absolute atomic E-state index is 0.198. The van der Waals surface area contributed by atoms with Crippen LogP contribution in [-0.2, 0) is 6.42 Å². The van der Waals surface area contributed by atoms with Gasteiger partial charge in [-0.1, -0.05) is 13.0 Å². The first-order chi connectivity index (χ1) is 8.24. The van der Waals surface area contributed by atoms with E-state index in [-0.39, 0.29) is 6.10 Å². The number of aryl methyl sites for hydroxylation is 1. The molecule has 0 bridgehead atoms. The van der Waals surface area contributed by atoms with E-state index in [0.29, 0.717) is 18.8 Å². The molecule has 4 heteroatoms.